The Bertz CT molecular complexity index is 1250. The standard InChI is InChI=1S/C25H24FN3O5S/c1-15-28-21(23(35-15)16-5-7-17(26)8-6-16)25(31)29-9-10-32-14-18(29)13-27-24(30)19-3-2-4-20-22(19)34-12-11-33-20/h2-8,18H,9-14H2,1H3,(H,27,30). The Labute approximate surface area is 205 Å². The Morgan fingerprint density at radius 2 is 1.94 bits per heavy atom. The fourth-order valence-corrected chi connectivity index (χ4v) is 5.07. The van der Waals surface area contributed by atoms with E-state index in [-0.39, 0.29) is 36.8 Å². The fourth-order valence-electron chi connectivity index (χ4n) is 4.15. The van der Waals surface area contributed by atoms with Crippen LogP contribution >= 0.6 is 11.3 Å². The highest BCUT2D eigenvalue weighted by Gasteiger charge is 2.32. The molecular formula is C25H24FN3O5S. The number of morpholine rings is 1. The van der Waals surface area contributed by atoms with Crippen molar-refractivity contribution in [3.63, 3.8) is 0 Å². The van der Waals surface area contributed by atoms with Gasteiger partial charge in [-0.15, -0.1) is 11.3 Å². The van der Waals surface area contributed by atoms with E-state index in [9.17, 15) is 14.0 Å². The number of fused-ring (bicyclic) bond motifs is 1. The number of halogens is 1. The maximum Gasteiger partial charge on any atom is 0.274 e. The molecule has 0 bridgehead atoms. The van der Waals surface area contributed by atoms with Crippen LogP contribution in [0.1, 0.15) is 25.9 Å². The smallest absolute Gasteiger partial charge is 0.274 e. The predicted octanol–water partition coefficient (Wildman–Crippen LogP) is 3.30. The van der Waals surface area contributed by atoms with Gasteiger partial charge in [0, 0.05) is 13.1 Å². The highest BCUT2D eigenvalue weighted by molar-refractivity contribution is 7.15. The Morgan fingerprint density at radius 3 is 2.77 bits per heavy atom. The lowest BCUT2D eigenvalue weighted by molar-refractivity contribution is -0.00154. The highest BCUT2D eigenvalue weighted by Crippen LogP contribution is 2.34. The number of rotatable bonds is 5. The number of hydrogen-bond donors (Lipinski definition) is 1. The Hall–Kier alpha value is -3.50. The summed E-state index contributed by atoms with van der Waals surface area (Å²) in [6.45, 7) is 3.89. The molecule has 2 aliphatic rings. The van der Waals surface area contributed by atoms with Gasteiger partial charge in [0.2, 0.25) is 0 Å². The van der Waals surface area contributed by atoms with Gasteiger partial charge >= 0.3 is 0 Å². The van der Waals surface area contributed by atoms with Crippen LogP contribution in [0.5, 0.6) is 11.5 Å². The molecule has 2 aliphatic heterocycles. The summed E-state index contributed by atoms with van der Waals surface area (Å²) in [6.07, 6.45) is 0. The largest absolute Gasteiger partial charge is 0.486 e. The summed E-state index contributed by atoms with van der Waals surface area (Å²) in [5.41, 5.74) is 1.43. The van der Waals surface area contributed by atoms with Gasteiger partial charge in [-0.2, -0.15) is 0 Å². The van der Waals surface area contributed by atoms with Gasteiger partial charge in [0.15, 0.2) is 11.5 Å². The number of para-hydroxylation sites is 1. The summed E-state index contributed by atoms with van der Waals surface area (Å²) >= 11 is 1.39. The number of ether oxygens (including phenoxy) is 3. The number of carbonyl (C=O) groups is 2. The molecule has 0 aliphatic carbocycles. The van der Waals surface area contributed by atoms with E-state index >= 15 is 0 Å². The molecule has 2 aromatic carbocycles. The minimum Gasteiger partial charge on any atom is -0.486 e. The van der Waals surface area contributed by atoms with Crippen molar-refractivity contribution in [2.24, 2.45) is 0 Å². The maximum atomic E-state index is 13.6. The normalized spacial score (nSPS) is 17.2. The summed E-state index contributed by atoms with van der Waals surface area (Å²) < 4.78 is 30.2. The van der Waals surface area contributed by atoms with Crippen molar-refractivity contribution in [3.8, 4) is 21.9 Å². The van der Waals surface area contributed by atoms with Gasteiger partial charge in [0.25, 0.3) is 11.8 Å². The van der Waals surface area contributed by atoms with E-state index in [0.29, 0.717) is 54.0 Å². The zero-order valence-corrected chi connectivity index (χ0v) is 19.9. The minimum absolute atomic E-state index is 0.199. The average Bonchev–Trinajstić information content (AvgIpc) is 3.28. The van der Waals surface area contributed by atoms with E-state index in [0.717, 1.165) is 10.6 Å². The molecule has 3 heterocycles. The van der Waals surface area contributed by atoms with Crippen LogP contribution in [0.2, 0.25) is 0 Å². The first-order valence-electron chi connectivity index (χ1n) is 11.3. The number of hydrogen-bond acceptors (Lipinski definition) is 7. The van der Waals surface area contributed by atoms with Crippen molar-refractivity contribution in [3.05, 3.63) is 64.5 Å². The Kier molecular flexibility index (Phi) is 6.65. The van der Waals surface area contributed by atoms with Gasteiger partial charge in [0.1, 0.15) is 24.7 Å². The van der Waals surface area contributed by atoms with Crippen molar-refractivity contribution in [1.29, 1.82) is 0 Å². The molecule has 1 unspecified atom stereocenters. The zero-order valence-electron chi connectivity index (χ0n) is 19.1. The van der Waals surface area contributed by atoms with Gasteiger partial charge in [-0.25, -0.2) is 9.37 Å². The van der Waals surface area contributed by atoms with Crippen LogP contribution in [0, 0.1) is 12.7 Å². The number of thiazole rings is 1. The molecule has 8 nitrogen and oxygen atoms in total. The summed E-state index contributed by atoms with van der Waals surface area (Å²) in [5.74, 6) is 0.0512. The number of aromatic nitrogens is 1. The first-order chi connectivity index (χ1) is 17.0. The lowest BCUT2D eigenvalue weighted by atomic mass is 10.1. The van der Waals surface area contributed by atoms with Crippen molar-refractivity contribution in [1.82, 2.24) is 15.2 Å². The van der Waals surface area contributed by atoms with Crippen LogP contribution in [-0.2, 0) is 4.74 Å². The molecule has 0 spiro atoms. The number of amides is 2. The molecule has 1 atom stereocenters. The predicted molar refractivity (Wildman–Crippen MR) is 128 cm³/mol. The molecule has 0 radical (unpaired) electrons. The quantitative estimate of drug-likeness (QED) is 0.582. The van der Waals surface area contributed by atoms with Crippen LogP contribution in [0.25, 0.3) is 10.4 Å². The third kappa shape index (κ3) is 4.85. The summed E-state index contributed by atoms with van der Waals surface area (Å²) in [7, 11) is 0. The van der Waals surface area contributed by atoms with Gasteiger partial charge < -0.3 is 24.4 Å². The van der Waals surface area contributed by atoms with Gasteiger partial charge in [-0.1, -0.05) is 18.2 Å². The Balaban J connectivity index is 1.33. The third-order valence-corrected chi connectivity index (χ3v) is 6.86. The first kappa shape index (κ1) is 23.3. The number of nitrogens with zero attached hydrogens (tertiary/aromatic N) is 2. The zero-order chi connectivity index (χ0) is 24.4. The van der Waals surface area contributed by atoms with Gasteiger partial charge in [0.05, 0.1) is 34.7 Å². The number of nitrogens with one attached hydrogen (secondary N) is 1. The van der Waals surface area contributed by atoms with Crippen molar-refractivity contribution < 1.29 is 28.2 Å². The van der Waals surface area contributed by atoms with E-state index < -0.39 is 0 Å². The topological polar surface area (TPSA) is 90.0 Å². The first-order valence-corrected chi connectivity index (χ1v) is 12.1. The van der Waals surface area contributed by atoms with Gasteiger partial charge in [-0.3, -0.25) is 9.59 Å². The van der Waals surface area contributed by atoms with E-state index in [1.54, 1.807) is 35.2 Å². The van der Waals surface area contributed by atoms with Crippen LogP contribution in [-0.4, -0.2) is 67.3 Å². The average molecular weight is 498 g/mol. The molecule has 35 heavy (non-hydrogen) atoms. The summed E-state index contributed by atoms with van der Waals surface area (Å²) in [5, 5.41) is 3.64. The van der Waals surface area contributed by atoms with Crippen LogP contribution in [0.15, 0.2) is 42.5 Å². The van der Waals surface area contributed by atoms with Crippen molar-refractivity contribution >= 4 is 23.2 Å². The van der Waals surface area contributed by atoms with E-state index in [1.165, 1.54) is 23.5 Å². The molecule has 1 N–H and O–H groups in total. The summed E-state index contributed by atoms with van der Waals surface area (Å²) in [6, 6.07) is 10.8. The van der Waals surface area contributed by atoms with E-state index in [4.69, 9.17) is 14.2 Å². The molecule has 1 aromatic heterocycles. The second-order valence-corrected chi connectivity index (χ2v) is 9.39. The molecule has 1 fully saturated rings. The minimum atomic E-state index is -0.375. The van der Waals surface area contributed by atoms with E-state index in [2.05, 4.69) is 10.3 Å². The lowest BCUT2D eigenvalue weighted by Gasteiger charge is -2.35. The molecular weight excluding hydrogens is 473 g/mol. The second kappa shape index (κ2) is 10.0. The SMILES string of the molecule is Cc1nc(C(=O)N2CCOCC2CNC(=O)c2cccc3c2OCCO3)c(-c2ccc(F)cc2)s1. The molecule has 2 amide bonds. The molecule has 182 valence electrons. The summed E-state index contributed by atoms with van der Waals surface area (Å²) in [4.78, 5) is 33.4. The number of carbonyl (C=O) groups excluding carboxylic acids is 2. The molecule has 0 saturated carbocycles. The number of benzene rings is 2. The molecule has 1 saturated heterocycles. The van der Waals surface area contributed by atoms with Crippen LogP contribution in [0.3, 0.4) is 0 Å². The van der Waals surface area contributed by atoms with Gasteiger partial charge in [-0.05, 0) is 36.8 Å². The molecule has 5 rings (SSSR count). The molecule has 10 heteroatoms. The molecule has 3 aromatic rings. The van der Waals surface area contributed by atoms with Crippen molar-refractivity contribution in [2.45, 2.75) is 13.0 Å². The van der Waals surface area contributed by atoms with E-state index in [1.807, 2.05) is 6.92 Å². The van der Waals surface area contributed by atoms with Crippen molar-refractivity contribution in [2.75, 3.05) is 39.5 Å². The second-order valence-electron chi connectivity index (χ2n) is 8.18. The van der Waals surface area contributed by atoms with Crippen LogP contribution < -0.4 is 14.8 Å². The monoisotopic (exact) mass is 497 g/mol. The maximum absolute atomic E-state index is 13.6. The third-order valence-electron chi connectivity index (χ3n) is 5.84. The van der Waals surface area contributed by atoms with Crippen LogP contribution in [0.4, 0.5) is 4.39 Å². The Morgan fingerprint density at radius 1 is 1.14 bits per heavy atom. The fraction of sp³-hybridized carbons (Fsp3) is 0.320. The highest BCUT2D eigenvalue weighted by atomic mass is 32.1. The number of aryl methyl sites for hydroxylation is 1. The lowest BCUT2D eigenvalue weighted by Crippen LogP contribution is -2.53.